The van der Waals surface area contributed by atoms with Crippen molar-refractivity contribution in [3.63, 3.8) is 0 Å². The molecule has 0 aromatic carbocycles. The minimum Gasteiger partial charge on any atom is -0.471 e. The highest BCUT2D eigenvalue weighted by Gasteiger charge is 2.37. The number of amides is 1. The number of aryl methyl sites for hydroxylation is 1. The van der Waals surface area contributed by atoms with E-state index in [9.17, 15) is 4.79 Å². The first-order chi connectivity index (χ1) is 11.2. The fraction of sp³-hybridized carbons (Fsp3) is 0.600. The first-order valence-corrected chi connectivity index (χ1v) is 9.07. The van der Waals surface area contributed by atoms with Gasteiger partial charge in [0.05, 0.1) is 6.54 Å². The van der Waals surface area contributed by atoms with E-state index in [-0.39, 0.29) is 17.9 Å². The van der Waals surface area contributed by atoms with E-state index < -0.39 is 0 Å². The minimum absolute atomic E-state index is 0.0137. The predicted octanol–water partition coefficient (Wildman–Crippen LogP) is 1.84. The Morgan fingerprint density at radius 1 is 1.39 bits per heavy atom. The lowest BCUT2D eigenvalue weighted by Gasteiger charge is -2.16. The fourth-order valence-electron chi connectivity index (χ4n) is 3.03. The van der Waals surface area contributed by atoms with Crippen LogP contribution < -0.4 is 4.74 Å². The Labute approximate surface area is 147 Å². The molecule has 1 unspecified atom stereocenters. The molecule has 1 saturated carbocycles. The summed E-state index contributed by atoms with van der Waals surface area (Å²) in [7, 11) is 0. The fourth-order valence-corrected chi connectivity index (χ4v) is 3.84. The highest BCUT2D eigenvalue weighted by Crippen LogP contribution is 2.33. The second-order valence-electron chi connectivity index (χ2n) is 6.06. The van der Waals surface area contributed by atoms with E-state index in [1.165, 1.54) is 6.33 Å². The molecule has 7 nitrogen and oxygen atoms in total. The molecule has 1 amide bonds. The van der Waals surface area contributed by atoms with E-state index in [1.54, 1.807) is 0 Å². The summed E-state index contributed by atoms with van der Waals surface area (Å²) in [6.07, 6.45) is 4.43. The molecule has 23 heavy (non-hydrogen) atoms. The minimum atomic E-state index is -0.0137. The van der Waals surface area contributed by atoms with Gasteiger partial charge >= 0.3 is 0 Å². The Balaban J connectivity index is 1.53. The second-order valence-corrected chi connectivity index (χ2v) is 7.03. The first-order valence-electron chi connectivity index (χ1n) is 7.99. The molecule has 0 spiro atoms. The van der Waals surface area contributed by atoms with Crippen LogP contribution in [0.5, 0.6) is 5.88 Å². The number of imidazole rings is 1. The summed E-state index contributed by atoms with van der Waals surface area (Å²) in [6.45, 7) is 4.28. The quantitative estimate of drug-likeness (QED) is 0.550. The second kappa shape index (κ2) is 5.88. The van der Waals surface area contributed by atoms with Gasteiger partial charge in [-0.3, -0.25) is 4.79 Å². The van der Waals surface area contributed by atoms with Crippen molar-refractivity contribution in [1.29, 1.82) is 0 Å². The molecule has 2 fully saturated rings. The molecule has 0 radical (unpaired) electrons. The van der Waals surface area contributed by atoms with Crippen LogP contribution in [-0.4, -0.2) is 49.5 Å². The molecule has 122 valence electrons. The van der Waals surface area contributed by atoms with Gasteiger partial charge in [0, 0.05) is 48.0 Å². The van der Waals surface area contributed by atoms with Crippen LogP contribution in [0.3, 0.4) is 0 Å². The van der Waals surface area contributed by atoms with Crippen molar-refractivity contribution in [3.05, 3.63) is 10.2 Å². The van der Waals surface area contributed by atoms with E-state index in [2.05, 4.69) is 44.5 Å². The molecule has 3 heterocycles. The van der Waals surface area contributed by atoms with Crippen LogP contribution in [0, 0.1) is 9.75 Å². The molecule has 2 aromatic rings. The van der Waals surface area contributed by atoms with E-state index in [1.807, 2.05) is 9.47 Å². The molecule has 1 aliphatic carbocycles. The van der Waals surface area contributed by atoms with Gasteiger partial charge in [0.25, 0.3) is 0 Å². The number of halogens is 1. The van der Waals surface area contributed by atoms with Gasteiger partial charge in [-0.25, -0.2) is 9.97 Å². The summed E-state index contributed by atoms with van der Waals surface area (Å²) < 4.78 is 8.96. The van der Waals surface area contributed by atoms with Crippen LogP contribution in [0.4, 0.5) is 0 Å². The van der Waals surface area contributed by atoms with Crippen molar-refractivity contribution in [2.75, 3.05) is 13.1 Å². The molecule has 1 aliphatic heterocycles. The number of hydrogen-bond acceptors (Lipinski definition) is 5. The molecule has 8 heteroatoms. The lowest BCUT2D eigenvalue weighted by atomic mass is 10.3. The van der Waals surface area contributed by atoms with E-state index in [0.717, 1.165) is 41.8 Å². The molecule has 0 N–H and O–H groups in total. The topological polar surface area (TPSA) is 73.1 Å². The van der Waals surface area contributed by atoms with Crippen molar-refractivity contribution in [2.45, 2.75) is 38.8 Å². The zero-order chi connectivity index (χ0) is 16.0. The average Bonchev–Trinajstić information content (AvgIpc) is 3.20. The molecular weight excluding hydrogens is 409 g/mol. The highest BCUT2D eigenvalue weighted by atomic mass is 127. The van der Waals surface area contributed by atoms with Crippen molar-refractivity contribution in [1.82, 2.24) is 24.4 Å². The molecule has 1 saturated heterocycles. The number of hydrogen-bond donors (Lipinski definition) is 0. The summed E-state index contributed by atoms with van der Waals surface area (Å²) in [6, 6.07) is 0. The number of ether oxygens (including phenoxy) is 1. The predicted molar refractivity (Wildman–Crippen MR) is 92.1 cm³/mol. The number of nitrogens with zero attached hydrogens (tertiary/aromatic N) is 5. The zero-order valence-electron chi connectivity index (χ0n) is 12.9. The largest absolute Gasteiger partial charge is 0.471 e. The first kappa shape index (κ1) is 15.1. The maximum absolute atomic E-state index is 12.1. The maximum Gasteiger partial charge on any atom is 0.245 e. The van der Waals surface area contributed by atoms with Gasteiger partial charge in [0.15, 0.2) is 15.0 Å². The molecular formula is C15H18IN5O2. The van der Waals surface area contributed by atoms with Crippen molar-refractivity contribution >= 4 is 39.7 Å². The Morgan fingerprint density at radius 3 is 2.96 bits per heavy atom. The maximum atomic E-state index is 12.1. The Kier molecular flexibility index (Phi) is 3.86. The Bertz CT molecular complexity index is 758. The SMILES string of the molecule is CCn1c(I)nc2c(OC3CCN(C(=O)C4CC4)C3)ncnc21. The van der Waals surface area contributed by atoms with Gasteiger partial charge in [-0.05, 0) is 19.8 Å². The van der Waals surface area contributed by atoms with Gasteiger partial charge in [0.2, 0.25) is 11.8 Å². The normalized spacial score (nSPS) is 21.1. The third-order valence-corrected chi connectivity index (χ3v) is 5.25. The van der Waals surface area contributed by atoms with E-state index in [4.69, 9.17) is 4.74 Å². The van der Waals surface area contributed by atoms with Crippen molar-refractivity contribution < 1.29 is 9.53 Å². The van der Waals surface area contributed by atoms with Crippen LogP contribution in [0.1, 0.15) is 26.2 Å². The summed E-state index contributed by atoms with van der Waals surface area (Å²) in [5.41, 5.74) is 1.50. The van der Waals surface area contributed by atoms with E-state index in [0.29, 0.717) is 17.9 Å². The van der Waals surface area contributed by atoms with Gasteiger partial charge in [0.1, 0.15) is 12.4 Å². The average molecular weight is 427 g/mol. The number of aromatic nitrogens is 4. The Morgan fingerprint density at radius 2 is 2.22 bits per heavy atom. The smallest absolute Gasteiger partial charge is 0.245 e. The van der Waals surface area contributed by atoms with Crippen LogP contribution >= 0.6 is 22.6 Å². The van der Waals surface area contributed by atoms with Crippen molar-refractivity contribution in [2.24, 2.45) is 5.92 Å². The number of carbonyl (C=O) groups is 1. The van der Waals surface area contributed by atoms with Gasteiger partial charge in [-0.15, -0.1) is 0 Å². The lowest BCUT2D eigenvalue weighted by molar-refractivity contribution is -0.131. The third kappa shape index (κ3) is 2.77. The summed E-state index contributed by atoms with van der Waals surface area (Å²) in [4.78, 5) is 27.2. The number of likely N-dealkylation sites (tertiary alicyclic amines) is 1. The Hall–Kier alpha value is -1.45. The van der Waals surface area contributed by atoms with Crippen LogP contribution in [0.2, 0.25) is 0 Å². The lowest BCUT2D eigenvalue weighted by Crippen LogP contribution is -2.32. The van der Waals surface area contributed by atoms with Gasteiger partial charge in [-0.2, -0.15) is 4.98 Å². The van der Waals surface area contributed by atoms with Crippen molar-refractivity contribution in [3.8, 4) is 5.88 Å². The van der Waals surface area contributed by atoms with E-state index >= 15 is 0 Å². The van der Waals surface area contributed by atoms with Gasteiger partial charge in [-0.1, -0.05) is 0 Å². The summed E-state index contributed by atoms with van der Waals surface area (Å²) >= 11 is 2.20. The molecule has 4 rings (SSSR count). The van der Waals surface area contributed by atoms with Crippen LogP contribution in [0.25, 0.3) is 11.2 Å². The number of carbonyl (C=O) groups excluding carboxylic acids is 1. The monoisotopic (exact) mass is 427 g/mol. The zero-order valence-corrected chi connectivity index (χ0v) is 15.1. The highest BCUT2D eigenvalue weighted by molar-refractivity contribution is 14.1. The van der Waals surface area contributed by atoms with Crippen LogP contribution in [-0.2, 0) is 11.3 Å². The number of rotatable bonds is 4. The summed E-state index contributed by atoms with van der Waals surface area (Å²) in [5.74, 6) is 1.07. The molecule has 2 aromatic heterocycles. The van der Waals surface area contributed by atoms with Gasteiger partial charge < -0.3 is 14.2 Å². The molecule has 1 atom stereocenters. The summed E-state index contributed by atoms with van der Waals surface area (Å²) in [5, 5.41) is 0. The molecule has 0 bridgehead atoms. The number of fused-ring (bicyclic) bond motifs is 1. The van der Waals surface area contributed by atoms with Crippen LogP contribution in [0.15, 0.2) is 6.33 Å². The third-order valence-electron chi connectivity index (χ3n) is 4.43. The molecule has 2 aliphatic rings. The standard InChI is InChI=1S/C15H18IN5O2/c1-2-21-12-11(19-15(21)16)13(18-8-17-12)23-10-5-6-20(7-10)14(22)9-3-4-9/h8-10H,2-7H2,1H3.